The van der Waals surface area contributed by atoms with Gasteiger partial charge in [-0.05, 0) is 42.8 Å². The maximum Gasteiger partial charge on any atom is 0.269 e. The molecule has 0 radical (unpaired) electrons. The predicted molar refractivity (Wildman–Crippen MR) is 99.4 cm³/mol. The number of benzene rings is 2. The van der Waals surface area contributed by atoms with Crippen molar-refractivity contribution < 1.29 is 14.4 Å². The third-order valence-corrected chi connectivity index (χ3v) is 4.50. The fourth-order valence-electron chi connectivity index (χ4n) is 2.65. The summed E-state index contributed by atoms with van der Waals surface area (Å²) < 4.78 is 0. The number of nitrogens with zero attached hydrogens (tertiary/aromatic N) is 1. The zero-order valence-corrected chi connectivity index (χ0v) is 15.1. The second kappa shape index (κ2) is 7.76. The van der Waals surface area contributed by atoms with Gasteiger partial charge in [0.25, 0.3) is 11.8 Å². The normalized spacial score (nSPS) is 13.6. The Kier molecular flexibility index (Phi) is 5.44. The number of halogens is 2. The highest BCUT2D eigenvalue weighted by atomic mass is 35.5. The largest absolute Gasteiger partial charge is 0.311 e. The average molecular weight is 392 g/mol. The lowest BCUT2D eigenvalue weighted by Gasteiger charge is -2.18. The maximum atomic E-state index is 12.3. The molecule has 2 aromatic carbocycles. The number of hydrazine groups is 1. The fourth-order valence-corrected chi connectivity index (χ4v) is 3.06. The molecule has 2 N–H and O–H groups in total. The Morgan fingerprint density at radius 2 is 1.65 bits per heavy atom. The van der Waals surface area contributed by atoms with Crippen LogP contribution in [0.15, 0.2) is 42.5 Å². The molecule has 0 aliphatic carbocycles. The molecule has 0 bridgehead atoms. The van der Waals surface area contributed by atoms with Crippen molar-refractivity contribution in [2.24, 2.45) is 0 Å². The highest BCUT2D eigenvalue weighted by Gasteiger charge is 2.24. The summed E-state index contributed by atoms with van der Waals surface area (Å²) in [6, 6.07) is 11.0. The number of hydrogen-bond donors (Lipinski definition) is 2. The molecule has 0 saturated carbocycles. The Morgan fingerprint density at radius 1 is 0.962 bits per heavy atom. The molecule has 26 heavy (non-hydrogen) atoms. The van der Waals surface area contributed by atoms with E-state index in [0.717, 1.165) is 6.42 Å². The van der Waals surface area contributed by atoms with Crippen molar-refractivity contribution in [1.29, 1.82) is 0 Å². The maximum absolute atomic E-state index is 12.3. The Hall–Kier alpha value is -2.57. The third kappa shape index (κ3) is 3.98. The van der Waals surface area contributed by atoms with Crippen LogP contribution in [0.4, 0.5) is 5.69 Å². The molecule has 0 atom stereocenters. The van der Waals surface area contributed by atoms with Crippen LogP contribution in [0.1, 0.15) is 33.6 Å². The molecule has 1 aliphatic rings. The average Bonchev–Trinajstić information content (AvgIpc) is 3.05. The monoisotopic (exact) mass is 391 g/mol. The molecule has 0 spiro atoms. The molecule has 134 valence electrons. The Balaban J connectivity index is 1.70. The van der Waals surface area contributed by atoms with Gasteiger partial charge in [0.05, 0.1) is 10.7 Å². The van der Waals surface area contributed by atoms with Crippen LogP contribution in [0.2, 0.25) is 10.0 Å². The molecular formula is C18H15Cl2N3O3. The minimum atomic E-state index is -0.523. The number of hydrogen-bond acceptors (Lipinski definition) is 3. The van der Waals surface area contributed by atoms with Gasteiger partial charge in [-0.3, -0.25) is 25.2 Å². The highest BCUT2D eigenvalue weighted by molar-refractivity contribution is 6.34. The van der Waals surface area contributed by atoms with E-state index in [1.807, 2.05) is 0 Å². The van der Waals surface area contributed by atoms with E-state index in [-0.39, 0.29) is 11.5 Å². The van der Waals surface area contributed by atoms with Crippen molar-refractivity contribution >= 4 is 46.6 Å². The predicted octanol–water partition coefficient (Wildman–Crippen LogP) is 3.20. The van der Waals surface area contributed by atoms with Crippen LogP contribution < -0.4 is 15.8 Å². The summed E-state index contributed by atoms with van der Waals surface area (Å²) in [5, 5.41) is 0.807. The van der Waals surface area contributed by atoms with Gasteiger partial charge >= 0.3 is 0 Å². The van der Waals surface area contributed by atoms with E-state index < -0.39 is 11.8 Å². The molecule has 3 rings (SSSR count). The van der Waals surface area contributed by atoms with Crippen LogP contribution >= 0.6 is 23.2 Å². The number of carbonyl (C=O) groups excluding carboxylic acids is 3. The molecule has 0 aromatic heterocycles. The van der Waals surface area contributed by atoms with Gasteiger partial charge in [0, 0.05) is 29.1 Å². The zero-order chi connectivity index (χ0) is 18.7. The molecule has 1 heterocycles. The molecule has 3 amide bonds. The van der Waals surface area contributed by atoms with Gasteiger partial charge in [-0.1, -0.05) is 29.3 Å². The summed E-state index contributed by atoms with van der Waals surface area (Å²) in [6.07, 6.45) is 1.21. The molecule has 8 heteroatoms. The van der Waals surface area contributed by atoms with Crippen LogP contribution in [0.25, 0.3) is 0 Å². The van der Waals surface area contributed by atoms with Crippen molar-refractivity contribution in [2.75, 3.05) is 11.4 Å². The van der Waals surface area contributed by atoms with E-state index >= 15 is 0 Å². The van der Waals surface area contributed by atoms with Crippen LogP contribution in [0.5, 0.6) is 0 Å². The van der Waals surface area contributed by atoms with Crippen molar-refractivity contribution in [3.05, 3.63) is 63.6 Å². The second-order valence-electron chi connectivity index (χ2n) is 5.73. The van der Waals surface area contributed by atoms with E-state index in [1.54, 1.807) is 29.2 Å². The first-order valence-electron chi connectivity index (χ1n) is 7.92. The van der Waals surface area contributed by atoms with Gasteiger partial charge < -0.3 is 4.90 Å². The van der Waals surface area contributed by atoms with Crippen LogP contribution in [0.3, 0.4) is 0 Å². The van der Waals surface area contributed by atoms with Gasteiger partial charge in [-0.15, -0.1) is 0 Å². The Bertz CT molecular complexity index is 886. The van der Waals surface area contributed by atoms with Crippen molar-refractivity contribution in [3.63, 3.8) is 0 Å². The molecule has 1 aliphatic heterocycles. The van der Waals surface area contributed by atoms with Gasteiger partial charge in [0.2, 0.25) is 5.91 Å². The zero-order valence-electron chi connectivity index (χ0n) is 13.6. The van der Waals surface area contributed by atoms with Crippen molar-refractivity contribution in [1.82, 2.24) is 10.9 Å². The van der Waals surface area contributed by atoms with E-state index in [1.165, 1.54) is 18.2 Å². The lowest BCUT2D eigenvalue weighted by atomic mass is 10.1. The molecular weight excluding hydrogens is 377 g/mol. The first-order chi connectivity index (χ1) is 12.5. The molecule has 6 nitrogen and oxygen atoms in total. The van der Waals surface area contributed by atoms with Crippen molar-refractivity contribution in [2.45, 2.75) is 12.8 Å². The molecule has 2 aromatic rings. The fraction of sp³-hybridized carbons (Fsp3) is 0.167. The number of anilines is 1. The standard InChI is InChI=1S/C18H15Cl2N3O3/c19-13-4-1-3-11(9-13)17(25)21-22-18(26)12-6-7-14(20)15(10-12)23-8-2-5-16(23)24/h1,3-4,6-7,9-10H,2,5,8H2,(H,21,25)(H,22,26). The molecule has 1 fully saturated rings. The highest BCUT2D eigenvalue weighted by Crippen LogP contribution is 2.30. The first kappa shape index (κ1) is 18.2. The minimum absolute atomic E-state index is 0.0290. The summed E-state index contributed by atoms with van der Waals surface area (Å²) in [7, 11) is 0. The summed E-state index contributed by atoms with van der Waals surface area (Å²) in [4.78, 5) is 37.8. The van der Waals surface area contributed by atoms with Crippen LogP contribution in [-0.4, -0.2) is 24.3 Å². The molecule has 0 unspecified atom stereocenters. The summed E-state index contributed by atoms with van der Waals surface area (Å²) in [6.45, 7) is 0.565. The quantitative estimate of drug-likeness (QED) is 0.788. The smallest absolute Gasteiger partial charge is 0.269 e. The third-order valence-electron chi connectivity index (χ3n) is 3.95. The van der Waals surface area contributed by atoms with E-state index in [2.05, 4.69) is 10.9 Å². The van der Waals surface area contributed by atoms with Gasteiger partial charge in [-0.25, -0.2) is 0 Å². The SMILES string of the molecule is O=C(NNC(=O)c1ccc(Cl)c(N2CCCC2=O)c1)c1cccc(Cl)c1. The molecule has 1 saturated heterocycles. The van der Waals surface area contributed by atoms with E-state index in [4.69, 9.17) is 23.2 Å². The number of nitrogens with one attached hydrogen (secondary N) is 2. The topological polar surface area (TPSA) is 78.5 Å². The minimum Gasteiger partial charge on any atom is -0.311 e. The number of rotatable bonds is 3. The Labute approximate surface area is 160 Å². The van der Waals surface area contributed by atoms with Gasteiger partial charge in [0.1, 0.15) is 0 Å². The summed E-state index contributed by atoms with van der Waals surface area (Å²) in [5.74, 6) is -1.05. The lowest BCUT2D eigenvalue weighted by molar-refractivity contribution is -0.117. The second-order valence-corrected chi connectivity index (χ2v) is 6.58. The van der Waals surface area contributed by atoms with E-state index in [9.17, 15) is 14.4 Å². The van der Waals surface area contributed by atoms with Crippen molar-refractivity contribution in [3.8, 4) is 0 Å². The Morgan fingerprint density at radius 3 is 2.27 bits per heavy atom. The lowest BCUT2D eigenvalue weighted by Crippen LogP contribution is -2.41. The number of carbonyl (C=O) groups is 3. The summed E-state index contributed by atoms with van der Waals surface area (Å²) in [5.41, 5.74) is 5.74. The van der Waals surface area contributed by atoms with Crippen LogP contribution in [0, 0.1) is 0 Å². The van der Waals surface area contributed by atoms with E-state index in [0.29, 0.717) is 34.3 Å². The summed E-state index contributed by atoms with van der Waals surface area (Å²) >= 11 is 12.0. The van der Waals surface area contributed by atoms with Gasteiger partial charge in [-0.2, -0.15) is 0 Å². The van der Waals surface area contributed by atoms with Crippen LogP contribution in [-0.2, 0) is 4.79 Å². The van der Waals surface area contributed by atoms with Gasteiger partial charge in [0.15, 0.2) is 0 Å². The number of amides is 3. The first-order valence-corrected chi connectivity index (χ1v) is 8.67.